The molecule has 6 nitrogen and oxygen atoms in total. The Morgan fingerprint density at radius 2 is 1.91 bits per heavy atom. The summed E-state index contributed by atoms with van der Waals surface area (Å²) in [5.41, 5.74) is 6.05. The average Bonchev–Trinajstić information content (AvgIpc) is 3.43. The van der Waals surface area contributed by atoms with Crippen LogP contribution in [0.1, 0.15) is 27.3 Å². The third-order valence-electron chi connectivity index (χ3n) is 6.68. The Morgan fingerprint density at radius 3 is 2.78 bits per heavy atom. The SMILES string of the molecule is O=C(Nc1ccc2nc(CCN3CCOCC3)[nH]c2c1)c1ccc2c3c(cccc13)CC2. The molecule has 1 saturated heterocycles. The molecule has 1 amide bonds. The van der Waals surface area contributed by atoms with Crippen LogP contribution in [0.3, 0.4) is 0 Å². The molecule has 0 atom stereocenters. The van der Waals surface area contributed by atoms with Crippen molar-refractivity contribution in [2.45, 2.75) is 19.3 Å². The zero-order chi connectivity index (χ0) is 21.5. The van der Waals surface area contributed by atoms with Gasteiger partial charge in [0.2, 0.25) is 0 Å². The quantitative estimate of drug-likeness (QED) is 0.507. The lowest BCUT2D eigenvalue weighted by atomic mass is 9.99. The Morgan fingerprint density at radius 1 is 1.06 bits per heavy atom. The Kier molecular flexibility index (Phi) is 4.89. The number of hydrogen-bond donors (Lipinski definition) is 2. The second-order valence-corrected chi connectivity index (χ2v) is 8.69. The number of benzene rings is 3. The number of nitrogens with zero attached hydrogens (tertiary/aromatic N) is 2. The second-order valence-electron chi connectivity index (χ2n) is 8.69. The number of anilines is 1. The summed E-state index contributed by atoms with van der Waals surface area (Å²) in [5, 5.41) is 5.39. The van der Waals surface area contributed by atoms with E-state index in [1.807, 2.05) is 24.3 Å². The van der Waals surface area contributed by atoms with Gasteiger partial charge in [-0.25, -0.2) is 4.98 Å². The van der Waals surface area contributed by atoms with Crippen LogP contribution in [0.15, 0.2) is 48.5 Å². The van der Waals surface area contributed by atoms with Crippen molar-refractivity contribution in [3.8, 4) is 0 Å². The van der Waals surface area contributed by atoms with Gasteiger partial charge >= 0.3 is 0 Å². The first-order valence-electron chi connectivity index (χ1n) is 11.4. The van der Waals surface area contributed by atoms with Crippen molar-refractivity contribution in [3.05, 3.63) is 71.0 Å². The van der Waals surface area contributed by atoms with Crippen LogP contribution in [-0.4, -0.2) is 53.6 Å². The zero-order valence-electron chi connectivity index (χ0n) is 18.0. The number of rotatable bonds is 5. The smallest absolute Gasteiger partial charge is 0.256 e. The number of aryl methyl sites for hydroxylation is 2. The third kappa shape index (κ3) is 3.55. The van der Waals surface area contributed by atoms with E-state index in [2.05, 4.69) is 39.5 Å². The van der Waals surface area contributed by atoms with Gasteiger partial charge in [0.15, 0.2) is 0 Å². The minimum Gasteiger partial charge on any atom is -0.379 e. The first kappa shape index (κ1) is 19.5. The first-order valence-corrected chi connectivity index (χ1v) is 11.4. The van der Waals surface area contributed by atoms with E-state index in [0.29, 0.717) is 0 Å². The summed E-state index contributed by atoms with van der Waals surface area (Å²) in [6.07, 6.45) is 2.99. The molecule has 162 valence electrons. The Balaban J connectivity index is 1.21. The van der Waals surface area contributed by atoms with Crippen molar-refractivity contribution in [2.75, 3.05) is 38.2 Å². The molecule has 1 aliphatic carbocycles. The average molecular weight is 427 g/mol. The molecule has 2 aliphatic rings. The fourth-order valence-electron chi connectivity index (χ4n) is 4.99. The summed E-state index contributed by atoms with van der Waals surface area (Å²) in [7, 11) is 0. The number of hydrogen-bond acceptors (Lipinski definition) is 4. The maximum atomic E-state index is 13.1. The van der Waals surface area contributed by atoms with Crippen molar-refractivity contribution >= 4 is 33.4 Å². The molecule has 6 rings (SSSR count). The summed E-state index contributed by atoms with van der Waals surface area (Å²) in [4.78, 5) is 23.7. The predicted molar refractivity (Wildman–Crippen MR) is 126 cm³/mol. The van der Waals surface area contributed by atoms with Gasteiger partial charge < -0.3 is 15.0 Å². The molecule has 0 spiro atoms. The molecule has 32 heavy (non-hydrogen) atoms. The number of amides is 1. The number of morpholine rings is 1. The predicted octanol–water partition coefficient (Wildman–Crippen LogP) is 3.94. The highest BCUT2D eigenvalue weighted by Gasteiger charge is 2.19. The molecule has 0 radical (unpaired) electrons. The fraction of sp³-hybridized carbons (Fsp3) is 0.308. The van der Waals surface area contributed by atoms with Crippen LogP contribution in [0.5, 0.6) is 0 Å². The molecule has 1 aromatic heterocycles. The number of ether oxygens (including phenoxy) is 1. The van der Waals surface area contributed by atoms with E-state index in [4.69, 9.17) is 9.72 Å². The van der Waals surface area contributed by atoms with E-state index < -0.39 is 0 Å². The van der Waals surface area contributed by atoms with E-state index >= 15 is 0 Å². The van der Waals surface area contributed by atoms with Crippen molar-refractivity contribution < 1.29 is 9.53 Å². The topological polar surface area (TPSA) is 70.2 Å². The van der Waals surface area contributed by atoms with Crippen LogP contribution in [-0.2, 0) is 24.0 Å². The van der Waals surface area contributed by atoms with Gasteiger partial charge in [0.25, 0.3) is 5.91 Å². The standard InChI is InChI=1S/C26H26N4O2/c31-26(21-8-6-18-5-4-17-2-1-3-20(21)25(17)18)27-19-7-9-22-23(16-19)29-24(28-22)10-11-30-12-14-32-15-13-30/h1-3,6-9,16H,4-5,10-15H2,(H,27,31)(H,28,29). The number of nitrogens with one attached hydrogen (secondary N) is 2. The largest absolute Gasteiger partial charge is 0.379 e. The number of imidazole rings is 1. The van der Waals surface area contributed by atoms with Crippen molar-refractivity contribution in [1.82, 2.24) is 14.9 Å². The number of aromatic nitrogens is 2. The summed E-state index contributed by atoms with van der Waals surface area (Å²) < 4.78 is 5.42. The van der Waals surface area contributed by atoms with Crippen molar-refractivity contribution in [1.29, 1.82) is 0 Å². The minimum absolute atomic E-state index is 0.0768. The number of carbonyl (C=O) groups is 1. The van der Waals surface area contributed by atoms with E-state index in [9.17, 15) is 4.79 Å². The summed E-state index contributed by atoms with van der Waals surface area (Å²) >= 11 is 0. The summed E-state index contributed by atoms with van der Waals surface area (Å²) in [5.74, 6) is 0.898. The molecular formula is C26H26N4O2. The van der Waals surface area contributed by atoms with Gasteiger partial charge in [0, 0.05) is 37.3 Å². The van der Waals surface area contributed by atoms with E-state index in [-0.39, 0.29) is 5.91 Å². The van der Waals surface area contributed by atoms with Gasteiger partial charge in [-0.05, 0) is 59.0 Å². The Labute approximate surface area is 186 Å². The highest BCUT2D eigenvalue weighted by atomic mass is 16.5. The summed E-state index contributed by atoms with van der Waals surface area (Å²) in [6, 6.07) is 16.2. The molecule has 1 aliphatic heterocycles. The molecule has 0 unspecified atom stereocenters. The Hall–Kier alpha value is -3.22. The van der Waals surface area contributed by atoms with Crippen LogP contribution < -0.4 is 5.32 Å². The van der Waals surface area contributed by atoms with Gasteiger partial charge in [-0.15, -0.1) is 0 Å². The van der Waals surface area contributed by atoms with E-state index in [1.54, 1.807) is 0 Å². The van der Waals surface area contributed by atoms with Gasteiger partial charge in [-0.3, -0.25) is 9.69 Å². The zero-order valence-corrected chi connectivity index (χ0v) is 18.0. The number of H-pyrrole nitrogens is 1. The van der Waals surface area contributed by atoms with Crippen LogP contribution in [0.25, 0.3) is 21.8 Å². The number of carbonyl (C=O) groups excluding carboxylic acids is 1. The molecule has 6 heteroatoms. The lowest BCUT2D eigenvalue weighted by molar-refractivity contribution is 0.0382. The maximum absolute atomic E-state index is 13.1. The fourth-order valence-corrected chi connectivity index (χ4v) is 4.99. The first-order chi connectivity index (χ1) is 15.7. The normalized spacial score (nSPS) is 16.1. The van der Waals surface area contributed by atoms with Gasteiger partial charge in [-0.1, -0.05) is 24.3 Å². The van der Waals surface area contributed by atoms with Gasteiger partial charge in [-0.2, -0.15) is 0 Å². The lowest BCUT2D eigenvalue weighted by Crippen LogP contribution is -2.37. The lowest BCUT2D eigenvalue weighted by Gasteiger charge is -2.25. The van der Waals surface area contributed by atoms with E-state index in [1.165, 1.54) is 16.5 Å². The molecular weight excluding hydrogens is 400 g/mol. The summed E-state index contributed by atoms with van der Waals surface area (Å²) in [6.45, 7) is 4.55. The monoisotopic (exact) mass is 426 g/mol. The molecule has 4 aromatic rings. The van der Waals surface area contributed by atoms with Crippen LogP contribution in [0.4, 0.5) is 5.69 Å². The maximum Gasteiger partial charge on any atom is 0.256 e. The van der Waals surface area contributed by atoms with Crippen LogP contribution in [0.2, 0.25) is 0 Å². The highest BCUT2D eigenvalue weighted by molar-refractivity contribution is 6.14. The third-order valence-corrected chi connectivity index (χ3v) is 6.68. The molecule has 0 bridgehead atoms. The minimum atomic E-state index is -0.0768. The second kappa shape index (κ2) is 8.04. The number of fused-ring (bicyclic) bond motifs is 1. The highest BCUT2D eigenvalue weighted by Crippen LogP contribution is 2.33. The molecule has 3 aromatic carbocycles. The molecule has 0 saturated carbocycles. The van der Waals surface area contributed by atoms with Gasteiger partial charge in [0.05, 0.1) is 24.2 Å². The Bertz CT molecular complexity index is 1310. The van der Waals surface area contributed by atoms with Crippen molar-refractivity contribution in [3.63, 3.8) is 0 Å². The van der Waals surface area contributed by atoms with Crippen LogP contribution >= 0.6 is 0 Å². The molecule has 2 heterocycles. The van der Waals surface area contributed by atoms with Gasteiger partial charge in [0.1, 0.15) is 5.82 Å². The van der Waals surface area contributed by atoms with E-state index in [0.717, 1.165) is 85.6 Å². The number of aromatic amines is 1. The van der Waals surface area contributed by atoms with Crippen molar-refractivity contribution in [2.24, 2.45) is 0 Å². The van der Waals surface area contributed by atoms with Crippen LogP contribution in [0, 0.1) is 0 Å². The molecule has 1 fully saturated rings. The molecule has 2 N–H and O–H groups in total.